The Bertz CT molecular complexity index is 629. The summed E-state index contributed by atoms with van der Waals surface area (Å²) in [6.45, 7) is 7.20. The Kier molecular flexibility index (Phi) is 4.15. The van der Waals surface area contributed by atoms with Crippen LogP contribution in [0.4, 0.5) is 5.69 Å². The zero-order valence-corrected chi connectivity index (χ0v) is 14.2. The van der Waals surface area contributed by atoms with Gasteiger partial charge in [-0.3, -0.25) is 9.59 Å². The van der Waals surface area contributed by atoms with Crippen molar-refractivity contribution in [2.45, 2.75) is 26.7 Å². The highest BCUT2D eigenvalue weighted by Crippen LogP contribution is 2.48. The molecule has 5 heteroatoms. The number of amides is 2. The van der Waals surface area contributed by atoms with Gasteiger partial charge >= 0.3 is 0 Å². The van der Waals surface area contributed by atoms with Crippen LogP contribution in [0.15, 0.2) is 18.2 Å². The Morgan fingerprint density at radius 1 is 1.09 bits per heavy atom. The van der Waals surface area contributed by atoms with E-state index < -0.39 is 5.41 Å². The van der Waals surface area contributed by atoms with E-state index in [2.05, 4.69) is 17.3 Å². The highest BCUT2D eigenvalue weighted by atomic mass is 16.2. The van der Waals surface area contributed by atoms with Crippen molar-refractivity contribution >= 4 is 17.5 Å². The SMILES string of the molecule is Cc1cccc(NC(=O)C2(C(=O)N3CCN(C)CC3)CC2)c1C. The van der Waals surface area contributed by atoms with Crippen molar-refractivity contribution in [3.8, 4) is 0 Å². The molecule has 1 aromatic rings. The van der Waals surface area contributed by atoms with Crippen LogP contribution in [0, 0.1) is 19.3 Å². The van der Waals surface area contributed by atoms with E-state index in [-0.39, 0.29) is 11.8 Å². The first-order valence-corrected chi connectivity index (χ1v) is 8.30. The molecule has 5 nitrogen and oxygen atoms in total. The third-order valence-corrected chi connectivity index (χ3v) is 5.24. The molecule has 1 saturated carbocycles. The fourth-order valence-corrected chi connectivity index (χ4v) is 3.10. The molecular weight excluding hydrogens is 290 g/mol. The lowest BCUT2D eigenvalue weighted by molar-refractivity contribution is -0.143. The molecule has 1 heterocycles. The van der Waals surface area contributed by atoms with E-state index in [1.54, 1.807) is 0 Å². The molecule has 124 valence electrons. The quantitative estimate of drug-likeness (QED) is 0.865. The summed E-state index contributed by atoms with van der Waals surface area (Å²) in [6, 6.07) is 5.85. The Morgan fingerprint density at radius 2 is 1.74 bits per heavy atom. The molecule has 0 bridgehead atoms. The van der Waals surface area contributed by atoms with Gasteiger partial charge in [-0.25, -0.2) is 0 Å². The summed E-state index contributed by atoms with van der Waals surface area (Å²) in [5, 5.41) is 2.99. The molecule has 0 spiro atoms. The lowest BCUT2D eigenvalue weighted by Crippen LogP contribution is -2.51. The number of likely N-dealkylation sites (N-methyl/N-ethyl adjacent to an activating group) is 1. The first-order valence-electron chi connectivity index (χ1n) is 8.30. The lowest BCUT2D eigenvalue weighted by atomic mass is 10.0. The van der Waals surface area contributed by atoms with E-state index in [1.807, 2.05) is 36.9 Å². The fraction of sp³-hybridized carbons (Fsp3) is 0.556. The molecule has 2 aliphatic rings. The molecule has 1 aliphatic carbocycles. The van der Waals surface area contributed by atoms with Gasteiger partial charge in [-0.15, -0.1) is 0 Å². The fourth-order valence-electron chi connectivity index (χ4n) is 3.10. The Labute approximate surface area is 137 Å². The maximum Gasteiger partial charge on any atom is 0.240 e. The molecule has 0 radical (unpaired) electrons. The summed E-state index contributed by atoms with van der Waals surface area (Å²) < 4.78 is 0. The highest BCUT2D eigenvalue weighted by molar-refractivity contribution is 6.13. The van der Waals surface area contributed by atoms with Crippen molar-refractivity contribution in [1.82, 2.24) is 9.80 Å². The van der Waals surface area contributed by atoms with Gasteiger partial charge in [-0.2, -0.15) is 0 Å². The van der Waals surface area contributed by atoms with E-state index in [0.29, 0.717) is 25.9 Å². The van der Waals surface area contributed by atoms with Crippen LogP contribution >= 0.6 is 0 Å². The van der Waals surface area contributed by atoms with Gasteiger partial charge in [-0.1, -0.05) is 12.1 Å². The largest absolute Gasteiger partial charge is 0.339 e. The predicted molar refractivity (Wildman–Crippen MR) is 90.3 cm³/mol. The highest BCUT2D eigenvalue weighted by Gasteiger charge is 2.58. The number of benzene rings is 1. The summed E-state index contributed by atoms with van der Waals surface area (Å²) in [6.07, 6.45) is 1.32. The number of hydrogen-bond donors (Lipinski definition) is 1. The second-order valence-electron chi connectivity index (χ2n) is 6.88. The normalized spacial score (nSPS) is 20.2. The minimum atomic E-state index is -0.827. The van der Waals surface area contributed by atoms with Crippen molar-refractivity contribution in [1.29, 1.82) is 0 Å². The lowest BCUT2D eigenvalue weighted by Gasteiger charge is -2.34. The number of nitrogens with one attached hydrogen (secondary N) is 1. The minimum absolute atomic E-state index is 0.00778. The number of carbonyl (C=O) groups excluding carboxylic acids is 2. The van der Waals surface area contributed by atoms with Gasteiger partial charge < -0.3 is 15.1 Å². The maximum atomic E-state index is 12.8. The van der Waals surface area contributed by atoms with Gasteiger partial charge in [-0.05, 0) is 50.9 Å². The van der Waals surface area contributed by atoms with Crippen LogP contribution < -0.4 is 5.32 Å². The molecule has 0 unspecified atom stereocenters. The van der Waals surface area contributed by atoms with E-state index in [9.17, 15) is 9.59 Å². The van der Waals surface area contributed by atoms with E-state index in [4.69, 9.17) is 0 Å². The van der Waals surface area contributed by atoms with Gasteiger partial charge in [0.2, 0.25) is 11.8 Å². The maximum absolute atomic E-state index is 12.8. The molecule has 1 N–H and O–H groups in total. The Morgan fingerprint density at radius 3 is 2.35 bits per heavy atom. The first kappa shape index (κ1) is 16.0. The molecule has 1 aliphatic heterocycles. The monoisotopic (exact) mass is 315 g/mol. The summed E-state index contributed by atoms with van der Waals surface area (Å²) >= 11 is 0. The number of nitrogens with zero attached hydrogens (tertiary/aromatic N) is 2. The van der Waals surface area contributed by atoms with Crippen LogP contribution in [0.5, 0.6) is 0 Å². The molecule has 1 aromatic carbocycles. The standard InChI is InChI=1S/C18H25N3O2/c1-13-5-4-6-15(14(13)2)19-16(22)18(7-8-18)17(23)21-11-9-20(3)10-12-21/h4-6H,7-12H2,1-3H3,(H,19,22). The number of rotatable bonds is 3. The van der Waals surface area contributed by atoms with Crippen LogP contribution in [-0.2, 0) is 9.59 Å². The van der Waals surface area contributed by atoms with Gasteiger partial charge in [0.15, 0.2) is 0 Å². The van der Waals surface area contributed by atoms with Crippen LogP contribution in [0.1, 0.15) is 24.0 Å². The van der Waals surface area contributed by atoms with Crippen molar-refractivity contribution < 1.29 is 9.59 Å². The summed E-state index contributed by atoms with van der Waals surface area (Å²) in [7, 11) is 2.06. The zero-order valence-electron chi connectivity index (χ0n) is 14.2. The summed E-state index contributed by atoms with van der Waals surface area (Å²) in [5.41, 5.74) is 2.18. The van der Waals surface area contributed by atoms with Gasteiger partial charge in [0.05, 0.1) is 0 Å². The van der Waals surface area contributed by atoms with Crippen LogP contribution in [-0.4, -0.2) is 54.8 Å². The third-order valence-electron chi connectivity index (χ3n) is 5.24. The van der Waals surface area contributed by atoms with Crippen molar-refractivity contribution in [3.63, 3.8) is 0 Å². The number of piperazine rings is 1. The Hall–Kier alpha value is -1.88. The van der Waals surface area contributed by atoms with Crippen molar-refractivity contribution in [2.24, 2.45) is 5.41 Å². The summed E-state index contributed by atoms with van der Waals surface area (Å²) in [4.78, 5) is 29.6. The van der Waals surface area contributed by atoms with Crippen molar-refractivity contribution in [3.05, 3.63) is 29.3 Å². The van der Waals surface area contributed by atoms with Crippen LogP contribution in [0.2, 0.25) is 0 Å². The molecule has 1 saturated heterocycles. The smallest absolute Gasteiger partial charge is 0.240 e. The first-order chi connectivity index (χ1) is 10.9. The van der Waals surface area contributed by atoms with Crippen molar-refractivity contribution in [2.75, 3.05) is 38.5 Å². The second kappa shape index (κ2) is 5.96. The molecule has 2 fully saturated rings. The molecule has 0 aromatic heterocycles. The number of aryl methyl sites for hydroxylation is 1. The van der Waals surface area contributed by atoms with Crippen LogP contribution in [0.3, 0.4) is 0 Å². The number of anilines is 1. The van der Waals surface area contributed by atoms with Gasteiger partial charge in [0, 0.05) is 31.9 Å². The number of carbonyl (C=O) groups is 2. The number of hydrogen-bond acceptors (Lipinski definition) is 3. The molecule has 3 rings (SSSR count). The molecule has 23 heavy (non-hydrogen) atoms. The van der Waals surface area contributed by atoms with Crippen LogP contribution in [0.25, 0.3) is 0 Å². The van der Waals surface area contributed by atoms with Gasteiger partial charge in [0.25, 0.3) is 0 Å². The Balaban J connectivity index is 1.71. The topological polar surface area (TPSA) is 52.7 Å². The third kappa shape index (κ3) is 2.98. The molecular formula is C18H25N3O2. The zero-order chi connectivity index (χ0) is 16.6. The minimum Gasteiger partial charge on any atom is -0.339 e. The average Bonchev–Trinajstić information content (AvgIpc) is 3.34. The van der Waals surface area contributed by atoms with E-state index >= 15 is 0 Å². The van der Waals surface area contributed by atoms with Gasteiger partial charge in [0.1, 0.15) is 5.41 Å². The molecule has 0 atom stereocenters. The summed E-state index contributed by atoms with van der Waals surface area (Å²) in [5.74, 6) is -0.136. The van der Waals surface area contributed by atoms with E-state index in [0.717, 1.165) is 29.9 Å². The average molecular weight is 315 g/mol. The van der Waals surface area contributed by atoms with E-state index in [1.165, 1.54) is 0 Å². The molecule has 2 amide bonds. The predicted octanol–water partition coefficient (Wildman–Crippen LogP) is 1.80. The second-order valence-corrected chi connectivity index (χ2v) is 6.88.